The second-order valence-electron chi connectivity index (χ2n) is 4.61. The molecular formula is C13H14BrCl2NO. The van der Waals surface area contributed by atoms with Crippen LogP contribution in [-0.2, 0) is 0 Å². The number of hydrogen-bond acceptors (Lipinski definition) is 1. The molecule has 0 saturated carbocycles. The fourth-order valence-electron chi connectivity index (χ4n) is 2.31. The van der Waals surface area contributed by atoms with Crippen LogP contribution in [0.5, 0.6) is 0 Å². The minimum atomic E-state index is -0.0255. The zero-order chi connectivity index (χ0) is 13.3. The predicted octanol–water partition coefficient (Wildman–Crippen LogP) is 4.19. The highest BCUT2D eigenvalue weighted by molar-refractivity contribution is 9.10. The van der Waals surface area contributed by atoms with Crippen LogP contribution >= 0.6 is 39.1 Å². The quantitative estimate of drug-likeness (QED) is 0.732. The number of likely N-dealkylation sites (tertiary alicyclic amines) is 1. The molecule has 1 aliphatic heterocycles. The molecule has 1 aromatic carbocycles. The number of amides is 1. The number of carbonyl (C=O) groups is 1. The van der Waals surface area contributed by atoms with Crippen LogP contribution in [0.1, 0.15) is 23.7 Å². The Morgan fingerprint density at radius 2 is 2.28 bits per heavy atom. The summed E-state index contributed by atoms with van der Waals surface area (Å²) in [5.74, 6) is 0.893. The molecule has 0 aliphatic carbocycles. The van der Waals surface area contributed by atoms with E-state index in [1.807, 2.05) is 11.0 Å². The van der Waals surface area contributed by atoms with Crippen molar-refractivity contribution in [1.29, 1.82) is 0 Å². The molecule has 0 spiro atoms. The molecule has 18 heavy (non-hydrogen) atoms. The summed E-state index contributed by atoms with van der Waals surface area (Å²) in [7, 11) is 0. The van der Waals surface area contributed by atoms with Gasteiger partial charge in [-0.15, -0.1) is 11.6 Å². The topological polar surface area (TPSA) is 20.3 Å². The van der Waals surface area contributed by atoms with E-state index in [9.17, 15) is 4.79 Å². The van der Waals surface area contributed by atoms with Crippen LogP contribution in [0.15, 0.2) is 22.7 Å². The normalized spacial score (nSPS) is 23.4. The van der Waals surface area contributed by atoms with Crippen molar-refractivity contribution >= 4 is 45.0 Å². The van der Waals surface area contributed by atoms with Crippen LogP contribution in [0, 0.1) is 5.92 Å². The van der Waals surface area contributed by atoms with Gasteiger partial charge in [-0.3, -0.25) is 4.79 Å². The van der Waals surface area contributed by atoms with Gasteiger partial charge in [0.05, 0.1) is 10.6 Å². The van der Waals surface area contributed by atoms with Crippen molar-refractivity contribution in [3.8, 4) is 0 Å². The van der Waals surface area contributed by atoms with Gasteiger partial charge < -0.3 is 4.90 Å². The first kappa shape index (κ1) is 14.2. The van der Waals surface area contributed by atoms with Gasteiger partial charge in [0.25, 0.3) is 5.91 Å². The van der Waals surface area contributed by atoms with Crippen molar-refractivity contribution < 1.29 is 4.79 Å². The Bertz CT molecular complexity index is 466. The third-order valence-corrected chi connectivity index (χ3v) is 4.59. The summed E-state index contributed by atoms with van der Waals surface area (Å²) in [5, 5.41) is 0.474. The van der Waals surface area contributed by atoms with Crippen LogP contribution in [-0.4, -0.2) is 29.3 Å². The summed E-state index contributed by atoms with van der Waals surface area (Å²) in [6.45, 7) is 2.88. The highest BCUT2D eigenvalue weighted by atomic mass is 79.9. The van der Waals surface area contributed by atoms with E-state index in [0.29, 0.717) is 22.4 Å². The largest absolute Gasteiger partial charge is 0.334 e. The van der Waals surface area contributed by atoms with E-state index < -0.39 is 0 Å². The lowest BCUT2D eigenvalue weighted by molar-refractivity contribution is 0.0737. The van der Waals surface area contributed by atoms with Crippen LogP contribution in [0.25, 0.3) is 0 Å². The van der Waals surface area contributed by atoms with Gasteiger partial charge in [-0.25, -0.2) is 0 Å². The van der Waals surface area contributed by atoms with Crippen LogP contribution in [0.3, 0.4) is 0 Å². The Balaban J connectivity index is 2.26. The molecule has 1 aromatic rings. The molecule has 2 nitrogen and oxygen atoms in total. The van der Waals surface area contributed by atoms with Gasteiger partial charge in [-0.05, 0) is 30.5 Å². The van der Waals surface area contributed by atoms with E-state index in [-0.39, 0.29) is 11.9 Å². The first-order chi connectivity index (χ1) is 8.54. The average molecular weight is 351 g/mol. The average Bonchev–Trinajstić information content (AvgIpc) is 2.69. The number of hydrogen-bond donors (Lipinski definition) is 0. The van der Waals surface area contributed by atoms with E-state index in [2.05, 4.69) is 22.9 Å². The summed E-state index contributed by atoms with van der Waals surface area (Å²) < 4.78 is 0.868. The molecule has 0 radical (unpaired) electrons. The molecule has 1 aliphatic rings. The lowest BCUT2D eigenvalue weighted by Crippen LogP contribution is -2.38. The molecular weight excluding hydrogens is 337 g/mol. The minimum absolute atomic E-state index is 0.0255. The molecule has 1 fully saturated rings. The molecule has 98 valence electrons. The second-order valence-corrected chi connectivity index (χ2v) is 6.24. The van der Waals surface area contributed by atoms with E-state index in [0.717, 1.165) is 17.4 Å². The minimum Gasteiger partial charge on any atom is -0.334 e. The van der Waals surface area contributed by atoms with E-state index in [1.165, 1.54) is 0 Å². The monoisotopic (exact) mass is 349 g/mol. The third kappa shape index (κ3) is 2.68. The van der Waals surface area contributed by atoms with Crippen molar-refractivity contribution in [2.75, 3.05) is 12.4 Å². The summed E-state index contributed by atoms with van der Waals surface area (Å²) in [5.41, 5.74) is 0.545. The van der Waals surface area contributed by atoms with Gasteiger partial charge in [0.1, 0.15) is 0 Å². The summed E-state index contributed by atoms with van der Waals surface area (Å²) >= 11 is 15.4. The second kappa shape index (κ2) is 5.81. The summed E-state index contributed by atoms with van der Waals surface area (Å²) in [6.07, 6.45) is 0.997. The third-order valence-electron chi connectivity index (χ3n) is 3.46. The summed E-state index contributed by atoms with van der Waals surface area (Å²) in [4.78, 5) is 14.3. The first-order valence-corrected chi connectivity index (χ1v) is 7.57. The highest BCUT2D eigenvalue weighted by Crippen LogP contribution is 2.29. The number of carbonyl (C=O) groups excluding carboxylic acids is 1. The Labute approximate surface area is 125 Å². The Hall–Kier alpha value is -0.250. The van der Waals surface area contributed by atoms with Crippen LogP contribution in [0.4, 0.5) is 0 Å². The zero-order valence-corrected chi connectivity index (χ0v) is 13.1. The molecule has 5 heteroatoms. The molecule has 2 unspecified atom stereocenters. The van der Waals surface area contributed by atoms with Gasteiger partial charge in [-0.1, -0.05) is 34.5 Å². The van der Waals surface area contributed by atoms with Crippen molar-refractivity contribution in [1.82, 2.24) is 4.90 Å². The van der Waals surface area contributed by atoms with Crippen molar-refractivity contribution in [3.05, 3.63) is 33.3 Å². The van der Waals surface area contributed by atoms with Gasteiger partial charge in [0, 0.05) is 22.9 Å². The summed E-state index contributed by atoms with van der Waals surface area (Å²) in [6, 6.07) is 5.43. The zero-order valence-electron chi connectivity index (χ0n) is 10.00. The van der Waals surface area contributed by atoms with Gasteiger partial charge in [-0.2, -0.15) is 0 Å². The van der Waals surface area contributed by atoms with Crippen molar-refractivity contribution in [2.24, 2.45) is 5.92 Å². The smallest absolute Gasteiger partial charge is 0.255 e. The van der Waals surface area contributed by atoms with E-state index >= 15 is 0 Å². The fraction of sp³-hybridized carbons (Fsp3) is 0.462. The number of rotatable bonds is 2. The molecule has 2 atom stereocenters. The Kier molecular flexibility index (Phi) is 4.57. The molecule has 1 saturated heterocycles. The molecule has 2 rings (SSSR count). The van der Waals surface area contributed by atoms with Crippen LogP contribution in [0.2, 0.25) is 5.02 Å². The molecule has 0 N–H and O–H groups in total. The lowest BCUT2D eigenvalue weighted by Gasteiger charge is -2.25. The first-order valence-electron chi connectivity index (χ1n) is 5.86. The molecule has 0 bridgehead atoms. The fourth-order valence-corrected chi connectivity index (χ4v) is 3.54. The predicted molar refractivity (Wildman–Crippen MR) is 78.5 cm³/mol. The number of benzene rings is 1. The number of nitrogens with zero attached hydrogens (tertiary/aromatic N) is 1. The molecule has 1 amide bonds. The maximum atomic E-state index is 12.5. The number of alkyl halides is 1. The highest BCUT2D eigenvalue weighted by Gasteiger charge is 2.34. The molecule has 0 aromatic heterocycles. The Morgan fingerprint density at radius 3 is 2.89 bits per heavy atom. The van der Waals surface area contributed by atoms with E-state index in [4.69, 9.17) is 23.2 Å². The lowest BCUT2D eigenvalue weighted by atomic mass is 10.0. The van der Waals surface area contributed by atoms with E-state index in [1.54, 1.807) is 12.1 Å². The number of halogens is 3. The van der Waals surface area contributed by atoms with Gasteiger partial charge in [0.2, 0.25) is 0 Å². The maximum absolute atomic E-state index is 12.5. The van der Waals surface area contributed by atoms with Crippen molar-refractivity contribution in [2.45, 2.75) is 19.4 Å². The van der Waals surface area contributed by atoms with Gasteiger partial charge >= 0.3 is 0 Å². The SMILES string of the molecule is CC1CCN(C(=O)c2ccc(Br)cc2Cl)C1CCl. The Morgan fingerprint density at radius 1 is 1.56 bits per heavy atom. The molecule has 1 heterocycles. The standard InChI is InChI=1S/C13H14BrCl2NO/c1-8-4-5-17(12(8)7-15)13(18)10-3-2-9(14)6-11(10)16/h2-3,6,8,12H,4-5,7H2,1H3. The van der Waals surface area contributed by atoms with Gasteiger partial charge in [0.15, 0.2) is 0 Å². The van der Waals surface area contributed by atoms with Crippen molar-refractivity contribution in [3.63, 3.8) is 0 Å². The maximum Gasteiger partial charge on any atom is 0.255 e. The van der Waals surface area contributed by atoms with Crippen LogP contribution < -0.4 is 0 Å².